The Morgan fingerprint density at radius 3 is 2.00 bits per heavy atom. The van der Waals surface area contributed by atoms with E-state index in [1.807, 2.05) is 37.3 Å². The monoisotopic (exact) mass is 384 g/mol. The minimum Gasteiger partial charge on any atom is -0.494 e. The second kappa shape index (κ2) is 11.6. The summed E-state index contributed by atoms with van der Waals surface area (Å²) in [5.41, 5.74) is 0. The van der Waals surface area contributed by atoms with E-state index in [-0.39, 0.29) is 53.4 Å². The Labute approximate surface area is 107 Å². The summed E-state index contributed by atoms with van der Waals surface area (Å²) in [6.45, 7) is 2.72. The van der Waals surface area contributed by atoms with Gasteiger partial charge < -0.3 is 4.74 Å². The van der Waals surface area contributed by atoms with E-state index < -0.39 is 0 Å². The second-order valence-electron chi connectivity index (χ2n) is 1.75. The molecule has 0 aliphatic rings. The zero-order chi connectivity index (χ0) is 6.53. The van der Waals surface area contributed by atoms with Crippen molar-refractivity contribution in [2.24, 2.45) is 0 Å². The predicted molar refractivity (Wildman–Crippen MR) is 58.3 cm³/mol. The van der Waals surface area contributed by atoms with Crippen LogP contribution in [-0.4, -0.2) is 6.61 Å². The van der Waals surface area contributed by atoms with Gasteiger partial charge in [0.15, 0.2) is 0 Å². The first-order chi connectivity index (χ1) is 4.43. The summed E-state index contributed by atoms with van der Waals surface area (Å²) in [5.74, 6) is 0.944. The molecule has 0 amide bonds. The molecule has 1 rings (SSSR count). The largest absolute Gasteiger partial charge is 0.494 e. The summed E-state index contributed by atoms with van der Waals surface area (Å²) in [5, 5.41) is 0. The fraction of sp³-hybridized carbons (Fsp3) is 0.250. The predicted octanol–water partition coefficient (Wildman–Crippen LogP) is 3.24. The number of benzene rings is 1. The van der Waals surface area contributed by atoms with Crippen LogP contribution >= 0.6 is 34.0 Å². The van der Waals surface area contributed by atoms with E-state index in [1.54, 1.807) is 0 Å². The molecule has 1 aromatic rings. The van der Waals surface area contributed by atoms with E-state index in [2.05, 4.69) is 0 Å². The molecule has 0 N–H and O–H groups in total. The van der Waals surface area contributed by atoms with Gasteiger partial charge in [0.25, 0.3) is 0 Å². The molecule has 0 bridgehead atoms. The van der Waals surface area contributed by atoms with Crippen LogP contribution in [0, 0.1) is 0 Å². The summed E-state index contributed by atoms with van der Waals surface area (Å²) in [6.07, 6.45) is 0. The van der Waals surface area contributed by atoms with Crippen LogP contribution in [0.25, 0.3) is 0 Å². The van der Waals surface area contributed by atoms with Crippen molar-refractivity contribution in [1.29, 1.82) is 0 Å². The second-order valence-corrected chi connectivity index (χ2v) is 1.75. The van der Waals surface area contributed by atoms with E-state index in [9.17, 15) is 0 Å². The Bertz CT molecular complexity index is 170. The maximum absolute atomic E-state index is 5.21. The first-order valence-electron chi connectivity index (χ1n) is 3.11. The van der Waals surface area contributed by atoms with Crippen molar-refractivity contribution in [1.82, 2.24) is 0 Å². The number of rotatable bonds is 2. The molecule has 4 heteroatoms. The summed E-state index contributed by atoms with van der Waals surface area (Å²) in [6, 6.07) is 9.80. The van der Waals surface area contributed by atoms with Gasteiger partial charge in [0.2, 0.25) is 0 Å². The van der Waals surface area contributed by atoms with Crippen molar-refractivity contribution in [3.8, 4) is 5.75 Å². The molecule has 0 atom stereocenters. The standard InChI is InChI=1S/C8H10O.2BrH.Ru/c1-2-9-8-6-4-3-5-7-8;;;/h3-7H,2H2,1H3;2*1H;. The Hall–Kier alpha value is 0.603. The molecule has 0 radical (unpaired) electrons. The molecule has 0 heterocycles. The van der Waals surface area contributed by atoms with Crippen molar-refractivity contribution in [2.45, 2.75) is 6.92 Å². The SMILES string of the molecule is Br.Br.CCOc1ccccc1.[Ru]. The van der Waals surface area contributed by atoms with Crippen LogP contribution in [0.4, 0.5) is 0 Å². The fourth-order valence-electron chi connectivity index (χ4n) is 0.683. The van der Waals surface area contributed by atoms with E-state index in [0.29, 0.717) is 0 Å². The molecule has 1 nitrogen and oxygen atoms in total. The van der Waals surface area contributed by atoms with Gasteiger partial charge >= 0.3 is 0 Å². The Morgan fingerprint density at radius 2 is 1.58 bits per heavy atom. The molecule has 0 spiro atoms. The van der Waals surface area contributed by atoms with Gasteiger partial charge in [-0.1, -0.05) is 18.2 Å². The molecule has 0 fully saturated rings. The van der Waals surface area contributed by atoms with Crippen molar-refractivity contribution < 1.29 is 24.2 Å². The van der Waals surface area contributed by atoms with Crippen LogP contribution in [-0.2, 0) is 19.5 Å². The maximum atomic E-state index is 5.21. The summed E-state index contributed by atoms with van der Waals surface area (Å²) in [4.78, 5) is 0. The average Bonchev–Trinajstić information content (AvgIpc) is 1.91. The first kappa shape index (κ1) is 18.4. The maximum Gasteiger partial charge on any atom is 0.119 e. The molecule has 0 aromatic heterocycles. The minimum absolute atomic E-state index is 0. The normalized spacial score (nSPS) is 6.75. The first-order valence-corrected chi connectivity index (χ1v) is 3.11. The molecule has 1 aromatic carbocycles. The van der Waals surface area contributed by atoms with Gasteiger partial charge in [-0.25, -0.2) is 0 Å². The zero-order valence-corrected chi connectivity index (χ0v) is 11.8. The van der Waals surface area contributed by atoms with Gasteiger partial charge in [0.05, 0.1) is 6.61 Å². The van der Waals surface area contributed by atoms with Crippen LogP contribution in [0.5, 0.6) is 5.75 Å². The number of para-hydroxylation sites is 1. The summed E-state index contributed by atoms with van der Waals surface area (Å²) < 4.78 is 5.21. The van der Waals surface area contributed by atoms with E-state index >= 15 is 0 Å². The van der Waals surface area contributed by atoms with Gasteiger partial charge in [-0.05, 0) is 19.1 Å². The van der Waals surface area contributed by atoms with Crippen LogP contribution in [0.1, 0.15) is 6.92 Å². The fourth-order valence-corrected chi connectivity index (χ4v) is 0.683. The van der Waals surface area contributed by atoms with Gasteiger partial charge in [-0.15, -0.1) is 34.0 Å². The smallest absolute Gasteiger partial charge is 0.119 e. The molecule has 12 heavy (non-hydrogen) atoms. The Morgan fingerprint density at radius 1 is 1.08 bits per heavy atom. The van der Waals surface area contributed by atoms with Gasteiger partial charge in [0.1, 0.15) is 5.75 Å². The van der Waals surface area contributed by atoms with E-state index in [0.717, 1.165) is 12.4 Å². The molecule has 0 aliphatic carbocycles. The topological polar surface area (TPSA) is 9.23 Å². The molecule has 0 aliphatic heterocycles. The number of hydrogen-bond donors (Lipinski definition) is 0. The van der Waals surface area contributed by atoms with Crippen LogP contribution in [0.3, 0.4) is 0 Å². The van der Waals surface area contributed by atoms with Crippen molar-refractivity contribution in [3.63, 3.8) is 0 Å². The van der Waals surface area contributed by atoms with Crippen LogP contribution in [0.2, 0.25) is 0 Å². The van der Waals surface area contributed by atoms with Crippen LogP contribution < -0.4 is 4.74 Å². The van der Waals surface area contributed by atoms with E-state index in [4.69, 9.17) is 4.74 Å². The van der Waals surface area contributed by atoms with Gasteiger partial charge in [-0.3, -0.25) is 0 Å². The molecule has 72 valence electrons. The quantitative estimate of drug-likeness (QED) is 0.711. The Balaban J connectivity index is -0.000000270. The summed E-state index contributed by atoms with van der Waals surface area (Å²) in [7, 11) is 0. The minimum atomic E-state index is 0. The average molecular weight is 385 g/mol. The number of halogens is 2. The molecule has 0 saturated heterocycles. The molecular formula is C8H12Br2ORu. The van der Waals surface area contributed by atoms with Crippen molar-refractivity contribution in [2.75, 3.05) is 6.61 Å². The van der Waals surface area contributed by atoms with E-state index in [1.165, 1.54) is 0 Å². The number of hydrogen-bond acceptors (Lipinski definition) is 1. The van der Waals surface area contributed by atoms with Gasteiger partial charge in [-0.2, -0.15) is 0 Å². The molecular weight excluding hydrogens is 373 g/mol. The zero-order valence-electron chi connectivity index (χ0n) is 6.67. The number of ether oxygens (including phenoxy) is 1. The molecule has 0 saturated carbocycles. The third kappa shape index (κ3) is 7.26. The third-order valence-corrected chi connectivity index (χ3v) is 1.05. The summed E-state index contributed by atoms with van der Waals surface area (Å²) >= 11 is 0. The van der Waals surface area contributed by atoms with Crippen molar-refractivity contribution in [3.05, 3.63) is 30.3 Å². The van der Waals surface area contributed by atoms with Crippen LogP contribution in [0.15, 0.2) is 30.3 Å². The molecule has 0 unspecified atom stereocenters. The Kier molecular flexibility index (Phi) is 17.8. The van der Waals surface area contributed by atoms with Gasteiger partial charge in [0, 0.05) is 19.5 Å². The van der Waals surface area contributed by atoms with Crippen molar-refractivity contribution >= 4 is 34.0 Å². The third-order valence-electron chi connectivity index (χ3n) is 1.05.